The molecule has 0 aliphatic heterocycles. The van der Waals surface area contributed by atoms with Crippen LogP contribution in [0, 0.1) is 0 Å². The summed E-state index contributed by atoms with van der Waals surface area (Å²) in [6, 6.07) is 19.3. The number of benzene rings is 2. The van der Waals surface area contributed by atoms with Crippen LogP contribution in [-0.4, -0.2) is 40.9 Å². The van der Waals surface area contributed by atoms with Gasteiger partial charge in [0.25, 0.3) is 0 Å². The molecule has 2 heterocycles. The third-order valence-corrected chi connectivity index (χ3v) is 4.62. The number of rotatable bonds is 9. The van der Waals surface area contributed by atoms with Crippen LogP contribution in [-0.2, 0) is 17.9 Å². The van der Waals surface area contributed by atoms with Crippen LogP contribution < -0.4 is 5.32 Å². The lowest BCUT2D eigenvalue weighted by atomic mass is 10.1. The van der Waals surface area contributed by atoms with Gasteiger partial charge < -0.3 is 5.32 Å². The van der Waals surface area contributed by atoms with Crippen molar-refractivity contribution in [2.75, 3.05) is 0 Å². The molecule has 2 aromatic heterocycles. The normalized spacial score (nSPS) is 11.9. The molecule has 9 heteroatoms. The Balaban J connectivity index is 1.31. The maximum absolute atomic E-state index is 12.6. The summed E-state index contributed by atoms with van der Waals surface area (Å²) in [6.07, 6.45) is 4.10. The van der Waals surface area contributed by atoms with Gasteiger partial charge in [-0.3, -0.25) is 9.48 Å². The van der Waals surface area contributed by atoms with Crippen LogP contribution in [0.1, 0.15) is 24.4 Å². The molecule has 0 saturated heterocycles. The zero-order chi connectivity index (χ0) is 20.6. The Morgan fingerprint density at radius 1 is 1.03 bits per heavy atom. The highest BCUT2D eigenvalue weighted by Crippen LogP contribution is 2.15. The second-order valence-corrected chi connectivity index (χ2v) is 6.83. The van der Waals surface area contributed by atoms with E-state index in [-0.39, 0.29) is 11.9 Å². The number of nitrogens with one attached hydrogen (secondary N) is 1. The van der Waals surface area contributed by atoms with E-state index in [0.717, 1.165) is 11.1 Å². The average molecular weight is 402 g/mol. The van der Waals surface area contributed by atoms with Crippen molar-refractivity contribution in [3.63, 3.8) is 0 Å². The fourth-order valence-electron chi connectivity index (χ4n) is 3.12. The lowest BCUT2D eigenvalue weighted by Gasteiger charge is -2.19. The maximum Gasteiger partial charge on any atom is 0.220 e. The number of aromatic nitrogens is 7. The third-order valence-electron chi connectivity index (χ3n) is 4.62. The van der Waals surface area contributed by atoms with E-state index in [2.05, 4.69) is 30.8 Å². The molecule has 0 bridgehead atoms. The number of carbonyl (C=O) groups is 1. The topological polar surface area (TPSA) is 103 Å². The molecule has 0 spiro atoms. The minimum absolute atomic E-state index is 0.0348. The molecule has 1 atom stereocenters. The molecule has 4 aromatic rings. The van der Waals surface area contributed by atoms with Crippen molar-refractivity contribution in [2.24, 2.45) is 0 Å². The first-order valence-electron chi connectivity index (χ1n) is 9.78. The number of nitrogens with zero attached hydrogens (tertiary/aromatic N) is 7. The predicted octanol–water partition coefficient (Wildman–Crippen LogP) is 2.27. The van der Waals surface area contributed by atoms with Gasteiger partial charge in [0.1, 0.15) is 12.7 Å². The fourth-order valence-corrected chi connectivity index (χ4v) is 3.12. The Hall–Kier alpha value is -3.88. The van der Waals surface area contributed by atoms with E-state index in [1.54, 1.807) is 11.0 Å². The molecule has 9 nitrogen and oxygen atoms in total. The van der Waals surface area contributed by atoms with Crippen LogP contribution in [0.15, 0.2) is 73.3 Å². The van der Waals surface area contributed by atoms with Gasteiger partial charge in [-0.05, 0) is 17.2 Å². The van der Waals surface area contributed by atoms with Crippen LogP contribution in [0.3, 0.4) is 0 Å². The average Bonchev–Trinajstić information content (AvgIpc) is 3.47. The van der Waals surface area contributed by atoms with Crippen molar-refractivity contribution in [1.29, 1.82) is 0 Å². The predicted molar refractivity (Wildman–Crippen MR) is 110 cm³/mol. The summed E-state index contributed by atoms with van der Waals surface area (Å²) < 4.78 is 1.71. The molecule has 0 fully saturated rings. The quantitative estimate of drug-likeness (QED) is 0.461. The SMILES string of the molecule is O=C(CCCn1nnc(-c2ccccc2)n1)NC(Cn1cncn1)c1ccccc1. The molecule has 2 aromatic carbocycles. The summed E-state index contributed by atoms with van der Waals surface area (Å²) in [6.45, 7) is 1.03. The maximum atomic E-state index is 12.6. The Bertz CT molecular complexity index is 1050. The van der Waals surface area contributed by atoms with E-state index in [0.29, 0.717) is 31.8 Å². The van der Waals surface area contributed by atoms with Crippen molar-refractivity contribution in [3.8, 4) is 11.4 Å². The Kier molecular flexibility index (Phi) is 6.19. The smallest absolute Gasteiger partial charge is 0.220 e. The molecule has 30 heavy (non-hydrogen) atoms. The molecule has 1 amide bonds. The second-order valence-electron chi connectivity index (χ2n) is 6.83. The molecule has 0 saturated carbocycles. The van der Waals surface area contributed by atoms with Gasteiger partial charge in [0, 0.05) is 12.0 Å². The third kappa shape index (κ3) is 5.13. The Morgan fingerprint density at radius 3 is 2.53 bits per heavy atom. The first-order valence-corrected chi connectivity index (χ1v) is 9.78. The number of amides is 1. The van der Waals surface area contributed by atoms with Crippen LogP contribution in [0.2, 0.25) is 0 Å². The van der Waals surface area contributed by atoms with E-state index in [9.17, 15) is 4.79 Å². The number of carbonyl (C=O) groups excluding carboxylic acids is 1. The van der Waals surface area contributed by atoms with Gasteiger partial charge in [-0.2, -0.15) is 9.90 Å². The summed E-state index contributed by atoms with van der Waals surface area (Å²) in [5, 5.41) is 19.8. The zero-order valence-corrected chi connectivity index (χ0v) is 16.4. The van der Waals surface area contributed by atoms with E-state index >= 15 is 0 Å². The molecule has 0 aliphatic rings. The summed E-state index contributed by atoms with van der Waals surface area (Å²) in [5.74, 6) is 0.546. The molecule has 0 aliphatic carbocycles. The van der Waals surface area contributed by atoms with E-state index < -0.39 is 0 Å². The van der Waals surface area contributed by atoms with Gasteiger partial charge >= 0.3 is 0 Å². The Morgan fingerprint density at radius 2 is 1.80 bits per heavy atom. The van der Waals surface area contributed by atoms with Gasteiger partial charge in [-0.15, -0.1) is 10.2 Å². The first-order chi connectivity index (χ1) is 14.8. The zero-order valence-electron chi connectivity index (χ0n) is 16.4. The summed E-state index contributed by atoms with van der Waals surface area (Å²) >= 11 is 0. The summed E-state index contributed by atoms with van der Waals surface area (Å²) in [5.41, 5.74) is 1.94. The van der Waals surface area contributed by atoms with Crippen molar-refractivity contribution in [1.82, 2.24) is 40.3 Å². The lowest BCUT2D eigenvalue weighted by molar-refractivity contribution is -0.122. The Labute approximate surface area is 173 Å². The van der Waals surface area contributed by atoms with Gasteiger partial charge in [-0.1, -0.05) is 60.7 Å². The number of tetrazole rings is 1. The van der Waals surface area contributed by atoms with Gasteiger partial charge in [0.15, 0.2) is 0 Å². The molecule has 152 valence electrons. The van der Waals surface area contributed by atoms with E-state index in [4.69, 9.17) is 0 Å². The summed E-state index contributed by atoms with van der Waals surface area (Å²) in [7, 11) is 0. The van der Waals surface area contributed by atoms with E-state index in [1.807, 2.05) is 60.7 Å². The monoisotopic (exact) mass is 402 g/mol. The largest absolute Gasteiger partial charge is 0.347 e. The van der Waals surface area contributed by atoms with Crippen molar-refractivity contribution in [2.45, 2.75) is 32.0 Å². The van der Waals surface area contributed by atoms with E-state index in [1.165, 1.54) is 11.1 Å². The molecule has 1 unspecified atom stereocenters. The summed E-state index contributed by atoms with van der Waals surface area (Å²) in [4.78, 5) is 18.0. The highest BCUT2D eigenvalue weighted by atomic mass is 16.1. The fraction of sp³-hybridized carbons (Fsp3) is 0.238. The van der Waals surface area contributed by atoms with Crippen LogP contribution in [0.25, 0.3) is 11.4 Å². The van der Waals surface area contributed by atoms with Crippen LogP contribution in [0.4, 0.5) is 0 Å². The minimum Gasteiger partial charge on any atom is -0.347 e. The number of hydrogen-bond donors (Lipinski definition) is 1. The number of hydrogen-bond acceptors (Lipinski definition) is 6. The molecular weight excluding hydrogens is 380 g/mol. The van der Waals surface area contributed by atoms with Crippen LogP contribution in [0.5, 0.6) is 0 Å². The van der Waals surface area contributed by atoms with Crippen molar-refractivity contribution >= 4 is 5.91 Å². The molecule has 0 radical (unpaired) electrons. The second kappa shape index (κ2) is 9.55. The van der Waals surface area contributed by atoms with Crippen molar-refractivity contribution in [3.05, 3.63) is 78.9 Å². The van der Waals surface area contributed by atoms with Gasteiger partial charge in [0.2, 0.25) is 11.7 Å². The van der Waals surface area contributed by atoms with Crippen molar-refractivity contribution < 1.29 is 4.79 Å². The highest BCUT2D eigenvalue weighted by Gasteiger charge is 2.16. The standard InChI is InChI=1S/C21H22N8O/c30-20(12-7-13-29-26-21(25-27-29)18-10-5-2-6-11-18)24-19(14-28-16-22-15-23-28)17-8-3-1-4-9-17/h1-6,8-11,15-16,19H,7,12-14H2,(H,24,30). The van der Waals surface area contributed by atoms with Crippen LogP contribution >= 0.6 is 0 Å². The van der Waals surface area contributed by atoms with Gasteiger partial charge in [0.05, 0.1) is 19.1 Å². The highest BCUT2D eigenvalue weighted by molar-refractivity contribution is 5.76. The number of aryl methyl sites for hydroxylation is 1. The lowest BCUT2D eigenvalue weighted by Crippen LogP contribution is -2.31. The molecular formula is C21H22N8O. The molecule has 1 N–H and O–H groups in total. The molecule has 4 rings (SSSR count). The minimum atomic E-state index is -0.186. The van der Waals surface area contributed by atoms with Gasteiger partial charge in [-0.25, -0.2) is 4.98 Å². The first kappa shape index (κ1) is 19.4.